The monoisotopic (exact) mass is 260 g/mol. The number of unbranched alkanes of at least 4 members (excludes halogenated alkanes) is 3. The number of hydrogen-bond donors (Lipinski definition) is 2. The Balaban J connectivity index is 3.38. The number of nitrogens with one attached hydrogen (secondary N) is 2. The van der Waals surface area contributed by atoms with Gasteiger partial charge in [-0.1, -0.05) is 12.8 Å². The number of amides is 1. The molecular formula is C13H28N2OS. The van der Waals surface area contributed by atoms with E-state index in [1.807, 2.05) is 32.5 Å². The molecule has 0 spiro atoms. The Morgan fingerprint density at radius 3 is 2.35 bits per heavy atom. The lowest BCUT2D eigenvalue weighted by molar-refractivity contribution is -0.123. The summed E-state index contributed by atoms with van der Waals surface area (Å²) >= 11 is 1.91. The van der Waals surface area contributed by atoms with E-state index < -0.39 is 0 Å². The van der Waals surface area contributed by atoms with Gasteiger partial charge in [-0.3, -0.25) is 4.79 Å². The van der Waals surface area contributed by atoms with Crippen LogP contribution in [-0.4, -0.2) is 36.5 Å². The molecule has 0 aliphatic rings. The molecule has 1 unspecified atom stereocenters. The summed E-state index contributed by atoms with van der Waals surface area (Å²) in [5.41, 5.74) is 0. The highest BCUT2D eigenvalue weighted by Gasteiger charge is 2.11. The van der Waals surface area contributed by atoms with Gasteiger partial charge in [-0.25, -0.2) is 0 Å². The molecule has 0 saturated carbocycles. The Labute approximate surface area is 111 Å². The predicted octanol–water partition coefficient (Wildman–Crippen LogP) is 2.41. The first-order valence-electron chi connectivity index (χ1n) is 6.60. The molecule has 2 N–H and O–H groups in total. The van der Waals surface area contributed by atoms with Crippen molar-refractivity contribution in [2.24, 2.45) is 0 Å². The summed E-state index contributed by atoms with van der Waals surface area (Å²) in [7, 11) is 0. The minimum atomic E-state index is -0.0800. The quantitative estimate of drug-likeness (QED) is 0.593. The first kappa shape index (κ1) is 16.8. The van der Waals surface area contributed by atoms with Crippen molar-refractivity contribution in [2.45, 2.75) is 58.5 Å². The van der Waals surface area contributed by atoms with E-state index in [1.165, 1.54) is 25.0 Å². The van der Waals surface area contributed by atoms with Crippen LogP contribution in [0.1, 0.15) is 46.5 Å². The van der Waals surface area contributed by atoms with E-state index in [0.29, 0.717) is 0 Å². The number of rotatable bonds is 10. The summed E-state index contributed by atoms with van der Waals surface area (Å²) < 4.78 is 0. The van der Waals surface area contributed by atoms with Gasteiger partial charge in [0.2, 0.25) is 5.91 Å². The number of hydrogen-bond acceptors (Lipinski definition) is 3. The number of carbonyl (C=O) groups is 1. The van der Waals surface area contributed by atoms with Gasteiger partial charge < -0.3 is 10.6 Å². The van der Waals surface area contributed by atoms with E-state index in [1.54, 1.807) is 0 Å². The lowest BCUT2D eigenvalue weighted by Crippen LogP contribution is -2.44. The highest BCUT2D eigenvalue weighted by atomic mass is 32.2. The second kappa shape index (κ2) is 10.9. The van der Waals surface area contributed by atoms with Crippen LogP contribution in [0.4, 0.5) is 0 Å². The van der Waals surface area contributed by atoms with Crippen LogP contribution < -0.4 is 10.6 Å². The molecule has 0 heterocycles. The Morgan fingerprint density at radius 2 is 1.76 bits per heavy atom. The Bertz CT molecular complexity index is 198. The fraction of sp³-hybridized carbons (Fsp3) is 0.923. The average molecular weight is 260 g/mol. The van der Waals surface area contributed by atoms with E-state index in [2.05, 4.69) is 16.9 Å². The van der Waals surface area contributed by atoms with Crippen molar-refractivity contribution in [3.05, 3.63) is 0 Å². The highest BCUT2D eigenvalue weighted by Crippen LogP contribution is 2.03. The van der Waals surface area contributed by atoms with Gasteiger partial charge in [0.15, 0.2) is 0 Å². The second-order valence-corrected chi connectivity index (χ2v) is 5.73. The number of thioether (sulfide) groups is 1. The van der Waals surface area contributed by atoms with Crippen LogP contribution in [0.2, 0.25) is 0 Å². The van der Waals surface area contributed by atoms with Gasteiger partial charge in [-0.15, -0.1) is 0 Å². The molecule has 0 aliphatic heterocycles. The van der Waals surface area contributed by atoms with Gasteiger partial charge >= 0.3 is 0 Å². The molecule has 0 aliphatic carbocycles. The van der Waals surface area contributed by atoms with E-state index in [9.17, 15) is 4.79 Å². The van der Waals surface area contributed by atoms with E-state index in [4.69, 9.17) is 0 Å². The molecule has 0 rings (SSSR count). The van der Waals surface area contributed by atoms with Crippen LogP contribution in [0.3, 0.4) is 0 Å². The van der Waals surface area contributed by atoms with Gasteiger partial charge in [0.1, 0.15) is 0 Å². The van der Waals surface area contributed by atoms with Gasteiger partial charge in [0.25, 0.3) is 0 Å². The van der Waals surface area contributed by atoms with Crippen molar-refractivity contribution in [2.75, 3.05) is 18.6 Å². The molecule has 0 aromatic carbocycles. The minimum absolute atomic E-state index is 0.0800. The molecule has 1 atom stereocenters. The lowest BCUT2D eigenvalue weighted by atomic mass is 10.2. The molecule has 0 aromatic rings. The maximum absolute atomic E-state index is 11.6. The van der Waals surface area contributed by atoms with Gasteiger partial charge in [0.05, 0.1) is 6.04 Å². The molecule has 0 saturated heterocycles. The van der Waals surface area contributed by atoms with Crippen LogP contribution in [0.25, 0.3) is 0 Å². The summed E-state index contributed by atoms with van der Waals surface area (Å²) in [5, 5.41) is 6.17. The maximum atomic E-state index is 11.6. The molecule has 1 amide bonds. The van der Waals surface area contributed by atoms with Crippen molar-refractivity contribution in [1.29, 1.82) is 0 Å². The van der Waals surface area contributed by atoms with Crippen LogP contribution in [0.15, 0.2) is 0 Å². The van der Waals surface area contributed by atoms with Gasteiger partial charge in [0, 0.05) is 6.04 Å². The van der Waals surface area contributed by atoms with Crippen molar-refractivity contribution < 1.29 is 4.79 Å². The molecule has 0 bridgehead atoms. The normalized spacial score (nSPS) is 12.8. The van der Waals surface area contributed by atoms with Crippen molar-refractivity contribution in [3.63, 3.8) is 0 Å². The first-order chi connectivity index (χ1) is 8.07. The summed E-state index contributed by atoms with van der Waals surface area (Å²) in [6, 6.07) is 0.141. The standard InChI is InChI=1S/C13H28N2OS/c1-11(2)15-13(16)12(3)14-9-7-5-6-8-10-17-4/h11-12,14H,5-10H2,1-4H3,(H,15,16). The zero-order valence-electron chi connectivity index (χ0n) is 11.7. The molecular weight excluding hydrogens is 232 g/mol. The Hall–Kier alpha value is -0.220. The average Bonchev–Trinajstić information content (AvgIpc) is 2.26. The number of carbonyl (C=O) groups excluding carboxylic acids is 1. The molecule has 102 valence electrons. The highest BCUT2D eigenvalue weighted by molar-refractivity contribution is 7.98. The van der Waals surface area contributed by atoms with Crippen molar-refractivity contribution in [1.82, 2.24) is 10.6 Å². The molecule has 4 heteroatoms. The Kier molecular flexibility index (Phi) is 10.8. The summed E-state index contributed by atoms with van der Waals surface area (Å²) in [6.07, 6.45) is 7.18. The third-order valence-corrected chi connectivity index (χ3v) is 3.25. The fourth-order valence-electron chi connectivity index (χ4n) is 1.55. The van der Waals surface area contributed by atoms with Crippen LogP contribution >= 0.6 is 11.8 Å². The fourth-order valence-corrected chi connectivity index (χ4v) is 2.04. The second-order valence-electron chi connectivity index (χ2n) is 4.75. The topological polar surface area (TPSA) is 41.1 Å². The van der Waals surface area contributed by atoms with Crippen LogP contribution in [-0.2, 0) is 4.79 Å². The van der Waals surface area contributed by atoms with E-state index in [0.717, 1.165) is 13.0 Å². The first-order valence-corrected chi connectivity index (χ1v) is 8.00. The third-order valence-electron chi connectivity index (χ3n) is 2.55. The largest absolute Gasteiger partial charge is 0.353 e. The molecule has 0 fully saturated rings. The lowest BCUT2D eigenvalue weighted by Gasteiger charge is -2.15. The molecule has 3 nitrogen and oxygen atoms in total. The summed E-state index contributed by atoms with van der Waals surface area (Å²) in [5.74, 6) is 1.36. The minimum Gasteiger partial charge on any atom is -0.353 e. The third kappa shape index (κ3) is 10.6. The van der Waals surface area contributed by atoms with Crippen molar-refractivity contribution in [3.8, 4) is 0 Å². The van der Waals surface area contributed by atoms with Crippen LogP contribution in [0, 0.1) is 0 Å². The van der Waals surface area contributed by atoms with Crippen LogP contribution in [0.5, 0.6) is 0 Å². The maximum Gasteiger partial charge on any atom is 0.237 e. The molecule has 0 radical (unpaired) electrons. The van der Waals surface area contributed by atoms with E-state index in [-0.39, 0.29) is 18.0 Å². The van der Waals surface area contributed by atoms with Gasteiger partial charge in [-0.2, -0.15) is 11.8 Å². The zero-order chi connectivity index (χ0) is 13.1. The predicted molar refractivity (Wildman–Crippen MR) is 77.6 cm³/mol. The summed E-state index contributed by atoms with van der Waals surface area (Å²) in [4.78, 5) is 11.6. The zero-order valence-corrected chi connectivity index (χ0v) is 12.5. The Morgan fingerprint density at radius 1 is 1.12 bits per heavy atom. The molecule has 0 aromatic heterocycles. The smallest absolute Gasteiger partial charge is 0.237 e. The van der Waals surface area contributed by atoms with Crippen molar-refractivity contribution >= 4 is 17.7 Å². The molecule has 17 heavy (non-hydrogen) atoms. The van der Waals surface area contributed by atoms with Gasteiger partial charge in [-0.05, 0) is 52.2 Å². The summed E-state index contributed by atoms with van der Waals surface area (Å²) in [6.45, 7) is 6.82. The van der Waals surface area contributed by atoms with E-state index >= 15 is 0 Å². The SMILES string of the molecule is CSCCCCCCNC(C)C(=O)NC(C)C.